The normalized spacial score (nSPS) is 9.89. The van der Waals surface area contributed by atoms with Gasteiger partial charge < -0.3 is 4.74 Å². The van der Waals surface area contributed by atoms with E-state index in [0.29, 0.717) is 20.4 Å². The summed E-state index contributed by atoms with van der Waals surface area (Å²) in [5, 5.41) is 8.92. The van der Waals surface area contributed by atoms with Crippen LogP contribution in [0.5, 0.6) is 11.5 Å². The minimum absolute atomic E-state index is 0.162. The maximum atomic E-state index is 12.9. The molecule has 18 heavy (non-hydrogen) atoms. The van der Waals surface area contributed by atoms with Crippen LogP contribution >= 0.6 is 31.9 Å². The maximum Gasteiger partial charge on any atom is 0.183 e. The molecule has 90 valence electrons. The number of nitriles is 1. The van der Waals surface area contributed by atoms with Gasteiger partial charge in [-0.2, -0.15) is 5.26 Å². The number of aromatic nitrogens is 1. The number of ether oxygens (including phenoxy) is 1. The van der Waals surface area contributed by atoms with Gasteiger partial charge in [-0.25, -0.2) is 9.37 Å². The van der Waals surface area contributed by atoms with Gasteiger partial charge in [0.05, 0.1) is 4.47 Å². The average Bonchev–Trinajstić information content (AvgIpc) is 2.33. The van der Waals surface area contributed by atoms with Crippen LogP contribution in [-0.2, 0) is 0 Å². The van der Waals surface area contributed by atoms with Gasteiger partial charge in [0.25, 0.3) is 0 Å². The van der Waals surface area contributed by atoms with Gasteiger partial charge in [0, 0.05) is 10.7 Å². The molecule has 0 N–H and O–H groups in total. The molecule has 0 aliphatic carbocycles. The SMILES string of the molecule is N#Cc1ncc(Br)cc1Oc1ccc(F)cc1Br. The molecule has 1 heterocycles. The smallest absolute Gasteiger partial charge is 0.183 e. The van der Waals surface area contributed by atoms with Gasteiger partial charge >= 0.3 is 0 Å². The van der Waals surface area contributed by atoms with Crippen molar-refractivity contribution >= 4 is 31.9 Å². The third-order valence-electron chi connectivity index (χ3n) is 2.04. The standard InChI is InChI=1S/C12H5Br2FN2O/c13-7-3-12(10(5-16)17-6-7)18-11-2-1-8(15)4-9(11)14/h1-4,6H. The molecule has 0 radical (unpaired) electrons. The van der Waals surface area contributed by atoms with E-state index in [1.54, 1.807) is 6.07 Å². The maximum absolute atomic E-state index is 12.9. The van der Waals surface area contributed by atoms with Gasteiger partial charge in [-0.15, -0.1) is 0 Å². The molecule has 0 aliphatic heterocycles. The van der Waals surface area contributed by atoms with Gasteiger partial charge in [0.15, 0.2) is 11.4 Å². The van der Waals surface area contributed by atoms with E-state index in [4.69, 9.17) is 10.00 Å². The number of halogens is 3. The molecule has 0 bridgehead atoms. The van der Waals surface area contributed by atoms with Crippen LogP contribution in [0, 0.1) is 17.1 Å². The first-order chi connectivity index (χ1) is 8.60. The van der Waals surface area contributed by atoms with Gasteiger partial charge in [-0.3, -0.25) is 0 Å². The van der Waals surface area contributed by atoms with E-state index >= 15 is 0 Å². The number of pyridine rings is 1. The lowest BCUT2D eigenvalue weighted by Gasteiger charge is -2.08. The highest BCUT2D eigenvalue weighted by Gasteiger charge is 2.09. The fraction of sp³-hybridized carbons (Fsp3) is 0. The summed E-state index contributed by atoms with van der Waals surface area (Å²) in [5.74, 6) is 0.342. The summed E-state index contributed by atoms with van der Waals surface area (Å²) >= 11 is 6.43. The monoisotopic (exact) mass is 370 g/mol. The van der Waals surface area contributed by atoms with Crippen molar-refractivity contribution < 1.29 is 9.13 Å². The molecular weight excluding hydrogens is 367 g/mol. The molecule has 0 atom stereocenters. The highest BCUT2D eigenvalue weighted by molar-refractivity contribution is 9.10. The number of hydrogen-bond donors (Lipinski definition) is 0. The molecule has 0 aliphatic rings. The topological polar surface area (TPSA) is 45.9 Å². The summed E-state index contributed by atoms with van der Waals surface area (Å²) in [4.78, 5) is 3.92. The minimum atomic E-state index is -0.373. The first kappa shape index (κ1) is 13.0. The molecule has 0 unspecified atom stereocenters. The molecule has 2 aromatic rings. The number of rotatable bonds is 2. The first-order valence-corrected chi connectivity index (χ1v) is 6.37. The molecule has 1 aromatic heterocycles. The van der Waals surface area contributed by atoms with Crippen LogP contribution in [0.2, 0.25) is 0 Å². The predicted molar refractivity (Wildman–Crippen MR) is 70.8 cm³/mol. The third kappa shape index (κ3) is 2.86. The summed E-state index contributed by atoms with van der Waals surface area (Å²) in [6.45, 7) is 0. The third-order valence-corrected chi connectivity index (χ3v) is 3.09. The lowest BCUT2D eigenvalue weighted by atomic mass is 10.3. The fourth-order valence-electron chi connectivity index (χ4n) is 1.26. The number of nitrogens with zero attached hydrogens (tertiary/aromatic N) is 2. The first-order valence-electron chi connectivity index (χ1n) is 4.78. The van der Waals surface area contributed by atoms with E-state index in [9.17, 15) is 4.39 Å². The number of hydrogen-bond acceptors (Lipinski definition) is 3. The molecule has 0 amide bonds. The molecule has 2 rings (SSSR count). The Balaban J connectivity index is 2.40. The van der Waals surface area contributed by atoms with Crippen LogP contribution in [0.25, 0.3) is 0 Å². The molecule has 3 nitrogen and oxygen atoms in total. The molecular formula is C12H5Br2FN2O. The summed E-state index contributed by atoms with van der Waals surface area (Å²) in [6.07, 6.45) is 1.51. The number of benzene rings is 1. The Kier molecular flexibility index (Phi) is 3.94. The van der Waals surface area contributed by atoms with Gasteiger partial charge in [0.2, 0.25) is 0 Å². The molecule has 0 spiro atoms. The quantitative estimate of drug-likeness (QED) is 0.785. The molecule has 0 saturated heterocycles. The van der Waals surface area contributed by atoms with E-state index < -0.39 is 0 Å². The Morgan fingerprint density at radius 3 is 2.67 bits per heavy atom. The lowest BCUT2D eigenvalue weighted by Crippen LogP contribution is -1.92. The summed E-state index contributed by atoms with van der Waals surface area (Å²) in [5.41, 5.74) is 0.162. The van der Waals surface area contributed by atoms with Crippen LogP contribution in [0.4, 0.5) is 4.39 Å². The van der Waals surface area contributed by atoms with Crippen LogP contribution < -0.4 is 4.74 Å². The lowest BCUT2D eigenvalue weighted by molar-refractivity contribution is 0.473. The zero-order valence-corrected chi connectivity index (χ0v) is 12.0. The second-order valence-electron chi connectivity index (χ2n) is 3.29. The van der Waals surface area contributed by atoms with Gasteiger partial charge in [-0.1, -0.05) is 0 Å². The van der Waals surface area contributed by atoms with Crippen LogP contribution in [0.3, 0.4) is 0 Å². The van der Waals surface area contributed by atoms with E-state index in [-0.39, 0.29) is 11.5 Å². The van der Waals surface area contributed by atoms with Crippen molar-refractivity contribution in [3.05, 3.63) is 50.9 Å². The average molecular weight is 372 g/mol. The summed E-state index contributed by atoms with van der Waals surface area (Å²) < 4.78 is 19.6. The summed E-state index contributed by atoms with van der Waals surface area (Å²) in [7, 11) is 0. The van der Waals surface area contributed by atoms with Crippen molar-refractivity contribution in [1.82, 2.24) is 4.98 Å². The van der Waals surface area contributed by atoms with Crippen LogP contribution in [0.15, 0.2) is 39.4 Å². The molecule has 0 fully saturated rings. The summed E-state index contributed by atoms with van der Waals surface area (Å²) in [6, 6.07) is 7.59. The van der Waals surface area contributed by atoms with Crippen molar-refractivity contribution in [3.63, 3.8) is 0 Å². The zero-order valence-electron chi connectivity index (χ0n) is 8.82. The molecule has 1 aromatic carbocycles. The van der Waals surface area contributed by atoms with Crippen molar-refractivity contribution in [1.29, 1.82) is 5.26 Å². The second kappa shape index (κ2) is 5.46. The molecule has 0 saturated carbocycles. The Morgan fingerprint density at radius 1 is 1.22 bits per heavy atom. The van der Waals surface area contributed by atoms with E-state index in [1.807, 2.05) is 6.07 Å². The highest BCUT2D eigenvalue weighted by atomic mass is 79.9. The van der Waals surface area contributed by atoms with Gasteiger partial charge in [0.1, 0.15) is 17.6 Å². The second-order valence-corrected chi connectivity index (χ2v) is 5.06. The Labute approximate surface area is 119 Å². The van der Waals surface area contributed by atoms with Crippen molar-refractivity contribution in [2.75, 3.05) is 0 Å². The Morgan fingerprint density at radius 2 is 2.00 bits per heavy atom. The van der Waals surface area contributed by atoms with E-state index in [0.717, 1.165) is 0 Å². The van der Waals surface area contributed by atoms with Crippen molar-refractivity contribution in [2.45, 2.75) is 0 Å². The van der Waals surface area contributed by atoms with Crippen molar-refractivity contribution in [3.8, 4) is 17.6 Å². The van der Waals surface area contributed by atoms with Gasteiger partial charge in [-0.05, 0) is 56.1 Å². The Hall–Kier alpha value is -1.45. The van der Waals surface area contributed by atoms with E-state index in [1.165, 1.54) is 24.4 Å². The predicted octanol–water partition coefficient (Wildman–Crippen LogP) is 4.41. The highest BCUT2D eigenvalue weighted by Crippen LogP contribution is 2.32. The largest absolute Gasteiger partial charge is 0.453 e. The minimum Gasteiger partial charge on any atom is -0.453 e. The molecule has 6 heteroatoms. The van der Waals surface area contributed by atoms with E-state index in [2.05, 4.69) is 36.8 Å². The zero-order chi connectivity index (χ0) is 13.1. The van der Waals surface area contributed by atoms with Crippen LogP contribution in [-0.4, -0.2) is 4.98 Å². The fourth-order valence-corrected chi connectivity index (χ4v) is 2.00. The van der Waals surface area contributed by atoms with Crippen molar-refractivity contribution in [2.24, 2.45) is 0 Å². The Bertz CT molecular complexity index is 640. The van der Waals surface area contributed by atoms with Crippen LogP contribution in [0.1, 0.15) is 5.69 Å².